The molecule has 0 saturated carbocycles. The van der Waals surface area contributed by atoms with Crippen LogP contribution < -0.4 is 14.8 Å². The number of fused-ring (bicyclic) bond motifs is 1. The van der Waals surface area contributed by atoms with E-state index in [4.69, 9.17) is 32.7 Å². The number of rotatable bonds is 6. The van der Waals surface area contributed by atoms with Crippen LogP contribution >= 0.6 is 23.2 Å². The molecular formula is C26H20Cl2N2O3. The lowest BCUT2D eigenvalue weighted by Gasteiger charge is -2.14. The highest BCUT2D eigenvalue weighted by atomic mass is 35.5. The van der Waals surface area contributed by atoms with Crippen molar-refractivity contribution in [2.75, 3.05) is 19.5 Å². The van der Waals surface area contributed by atoms with E-state index in [1.54, 1.807) is 50.8 Å². The topological polar surface area (TPSA) is 60.5 Å². The molecule has 1 aromatic heterocycles. The van der Waals surface area contributed by atoms with E-state index >= 15 is 0 Å². The second kappa shape index (κ2) is 9.94. The van der Waals surface area contributed by atoms with Gasteiger partial charge < -0.3 is 14.8 Å². The summed E-state index contributed by atoms with van der Waals surface area (Å²) in [6, 6.07) is 18.3. The van der Waals surface area contributed by atoms with Gasteiger partial charge in [-0.15, -0.1) is 0 Å². The van der Waals surface area contributed by atoms with Crippen LogP contribution in [0.5, 0.6) is 11.5 Å². The summed E-state index contributed by atoms with van der Waals surface area (Å²) < 4.78 is 10.6. The zero-order valence-corrected chi connectivity index (χ0v) is 19.4. The van der Waals surface area contributed by atoms with Gasteiger partial charge in [-0.2, -0.15) is 0 Å². The molecule has 7 heteroatoms. The molecule has 0 radical (unpaired) electrons. The number of amides is 1. The third kappa shape index (κ3) is 4.95. The van der Waals surface area contributed by atoms with Gasteiger partial charge in [0.15, 0.2) is 11.5 Å². The molecule has 0 fully saturated rings. The highest BCUT2D eigenvalue weighted by Crippen LogP contribution is 2.39. The number of benzene rings is 3. The standard InChI is InChI=1S/C26H20Cl2N2O3/c1-32-23-11-7-16(13-24(23)33-2)8-12-25(31)30-22-15-29-21-10-9-17(27)14-19(21)26(22)18-5-3-4-6-20(18)28/h3-15H,1-2H3,(H,30,31). The highest BCUT2D eigenvalue weighted by Gasteiger charge is 2.15. The van der Waals surface area contributed by atoms with E-state index in [0.717, 1.165) is 27.6 Å². The molecule has 0 aliphatic carbocycles. The minimum absolute atomic E-state index is 0.318. The summed E-state index contributed by atoms with van der Waals surface area (Å²) in [7, 11) is 3.13. The van der Waals surface area contributed by atoms with Crippen molar-refractivity contribution in [3.05, 3.63) is 88.5 Å². The normalized spacial score (nSPS) is 11.0. The van der Waals surface area contributed by atoms with Crippen LogP contribution in [0.4, 0.5) is 5.69 Å². The third-order valence-corrected chi connectivity index (χ3v) is 5.63. The second-order valence-corrected chi connectivity index (χ2v) is 7.97. The maximum atomic E-state index is 12.8. The summed E-state index contributed by atoms with van der Waals surface area (Å²) in [6.07, 6.45) is 4.76. The van der Waals surface area contributed by atoms with Gasteiger partial charge in [-0.05, 0) is 48.0 Å². The van der Waals surface area contributed by atoms with Gasteiger partial charge in [0.1, 0.15) is 0 Å². The van der Waals surface area contributed by atoms with Crippen LogP contribution in [-0.4, -0.2) is 25.1 Å². The van der Waals surface area contributed by atoms with Crippen molar-refractivity contribution in [3.8, 4) is 22.6 Å². The minimum atomic E-state index is -0.318. The minimum Gasteiger partial charge on any atom is -0.493 e. The lowest BCUT2D eigenvalue weighted by atomic mass is 9.99. The molecule has 0 saturated heterocycles. The third-order valence-electron chi connectivity index (χ3n) is 5.07. The van der Waals surface area contributed by atoms with E-state index in [9.17, 15) is 4.79 Å². The van der Waals surface area contributed by atoms with Gasteiger partial charge in [-0.1, -0.05) is 47.5 Å². The van der Waals surface area contributed by atoms with Gasteiger partial charge in [0, 0.05) is 32.6 Å². The molecule has 0 unspecified atom stereocenters. The van der Waals surface area contributed by atoms with Crippen molar-refractivity contribution >= 4 is 51.8 Å². The zero-order chi connectivity index (χ0) is 23.4. The van der Waals surface area contributed by atoms with E-state index in [0.29, 0.717) is 27.2 Å². The largest absolute Gasteiger partial charge is 0.493 e. The highest BCUT2D eigenvalue weighted by molar-refractivity contribution is 6.34. The number of carbonyl (C=O) groups excluding carboxylic acids is 1. The number of halogens is 2. The van der Waals surface area contributed by atoms with Gasteiger partial charge >= 0.3 is 0 Å². The number of hydrogen-bond donors (Lipinski definition) is 1. The first-order valence-corrected chi connectivity index (χ1v) is 10.8. The summed E-state index contributed by atoms with van der Waals surface area (Å²) in [5.74, 6) is 0.877. The molecule has 3 aromatic carbocycles. The molecule has 0 spiro atoms. The van der Waals surface area contributed by atoms with Crippen LogP contribution in [0.1, 0.15) is 5.56 Å². The molecule has 33 heavy (non-hydrogen) atoms. The van der Waals surface area contributed by atoms with E-state index in [1.165, 1.54) is 6.08 Å². The van der Waals surface area contributed by atoms with Crippen LogP contribution in [0.3, 0.4) is 0 Å². The first-order valence-electron chi connectivity index (χ1n) is 10.0. The fraction of sp³-hybridized carbons (Fsp3) is 0.0769. The number of nitrogens with one attached hydrogen (secondary N) is 1. The molecule has 0 aliphatic rings. The molecule has 1 amide bonds. The predicted molar refractivity (Wildman–Crippen MR) is 134 cm³/mol. The van der Waals surface area contributed by atoms with Gasteiger partial charge in [0.25, 0.3) is 0 Å². The Bertz CT molecular complexity index is 1370. The van der Waals surface area contributed by atoms with Crippen molar-refractivity contribution in [2.45, 2.75) is 0 Å². The molecule has 0 aliphatic heterocycles. The van der Waals surface area contributed by atoms with E-state index in [1.807, 2.05) is 36.4 Å². The maximum absolute atomic E-state index is 12.8. The number of ether oxygens (including phenoxy) is 2. The molecule has 0 bridgehead atoms. The smallest absolute Gasteiger partial charge is 0.248 e. The summed E-state index contributed by atoms with van der Waals surface area (Å²) in [5.41, 5.74) is 3.58. The van der Waals surface area contributed by atoms with Gasteiger partial charge in [0.2, 0.25) is 5.91 Å². The second-order valence-electron chi connectivity index (χ2n) is 7.13. The summed E-state index contributed by atoms with van der Waals surface area (Å²) in [4.78, 5) is 17.3. The number of nitrogens with zero attached hydrogens (tertiary/aromatic N) is 1. The van der Waals surface area contributed by atoms with Crippen molar-refractivity contribution in [3.63, 3.8) is 0 Å². The van der Waals surface area contributed by atoms with E-state index < -0.39 is 0 Å². The van der Waals surface area contributed by atoms with Crippen LogP contribution in [0.25, 0.3) is 28.1 Å². The molecule has 5 nitrogen and oxygen atoms in total. The van der Waals surface area contributed by atoms with Crippen molar-refractivity contribution in [1.82, 2.24) is 4.98 Å². The monoisotopic (exact) mass is 478 g/mol. The average Bonchev–Trinajstić information content (AvgIpc) is 2.83. The summed E-state index contributed by atoms with van der Waals surface area (Å²) >= 11 is 12.8. The molecule has 4 aromatic rings. The number of methoxy groups -OCH3 is 2. The fourth-order valence-corrected chi connectivity index (χ4v) is 3.92. The Morgan fingerprint density at radius 1 is 0.970 bits per heavy atom. The Kier molecular flexibility index (Phi) is 6.82. The maximum Gasteiger partial charge on any atom is 0.248 e. The Morgan fingerprint density at radius 3 is 2.52 bits per heavy atom. The van der Waals surface area contributed by atoms with Crippen molar-refractivity contribution in [2.24, 2.45) is 0 Å². The van der Waals surface area contributed by atoms with E-state index in [-0.39, 0.29) is 5.91 Å². The van der Waals surface area contributed by atoms with Gasteiger partial charge in [-0.3, -0.25) is 9.78 Å². The van der Waals surface area contributed by atoms with Crippen LogP contribution in [0.2, 0.25) is 10.0 Å². The first kappa shape index (κ1) is 22.6. The van der Waals surface area contributed by atoms with Crippen LogP contribution in [0, 0.1) is 0 Å². The Labute approximate surface area is 201 Å². The zero-order valence-electron chi connectivity index (χ0n) is 17.9. The van der Waals surface area contributed by atoms with Crippen LogP contribution in [-0.2, 0) is 4.79 Å². The molecular weight excluding hydrogens is 459 g/mol. The molecule has 166 valence electrons. The predicted octanol–water partition coefficient (Wildman–Crippen LogP) is 6.88. The number of carbonyl (C=O) groups is 1. The lowest BCUT2D eigenvalue weighted by molar-refractivity contribution is -0.111. The Morgan fingerprint density at radius 2 is 1.76 bits per heavy atom. The lowest BCUT2D eigenvalue weighted by Crippen LogP contribution is -2.09. The SMILES string of the molecule is COc1ccc(C=CC(=O)Nc2cnc3ccc(Cl)cc3c2-c2ccccc2Cl)cc1OC. The molecule has 4 rings (SSSR count). The number of hydrogen-bond acceptors (Lipinski definition) is 4. The Hall–Kier alpha value is -3.54. The fourth-order valence-electron chi connectivity index (χ4n) is 3.52. The Balaban J connectivity index is 1.70. The average molecular weight is 479 g/mol. The summed E-state index contributed by atoms with van der Waals surface area (Å²) in [6.45, 7) is 0. The van der Waals surface area contributed by atoms with Gasteiger partial charge in [-0.25, -0.2) is 0 Å². The van der Waals surface area contributed by atoms with E-state index in [2.05, 4.69) is 10.3 Å². The van der Waals surface area contributed by atoms with Gasteiger partial charge in [0.05, 0.1) is 31.6 Å². The number of anilines is 1. The molecule has 0 atom stereocenters. The summed E-state index contributed by atoms with van der Waals surface area (Å²) in [5, 5.41) is 4.83. The van der Waals surface area contributed by atoms with Crippen LogP contribution in [0.15, 0.2) is 72.9 Å². The number of pyridine rings is 1. The molecule has 1 N–H and O–H groups in total. The first-order chi connectivity index (χ1) is 16.0. The molecule has 1 heterocycles. The van der Waals surface area contributed by atoms with Crippen molar-refractivity contribution < 1.29 is 14.3 Å². The quantitative estimate of drug-likeness (QED) is 0.307. The number of aromatic nitrogens is 1. The van der Waals surface area contributed by atoms with Crippen molar-refractivity contribution in [1.29, 1.82) is 0 Å².